The second-order valence-electron chi connectivity index (χ2n) is 4.76. The molecule has 17 heavy (non-hydrogen) atoms. The van der Waals surface area contributed by atoms with Gasteiger partial charge >= 0.3 is 5.97 Å². The van der Waals surface area contributed by atoms with E-state index >= 15 is 0 Å². The second-order valence-corrected chi connectivity index (χ2v) is 4.76. The molecular weight excluding hydrogens is 220 g/mol. The van der Waals surface area contributed by atoms with Crippen LogP contribution < -0.4 is 0 Å². The van der Waals surface area contributed by atoms with E-state index in [9.17, 15) is 9.59 Å². The Morgan fingerprint density at radius 3 is 2.24 bits per heavy atom. The average Bonchev–Trinajstić information content (AvgIpc) is 2.18. The summed E-state index contributed by atoms with van der Waals surface area (Å²) in [6.07, 6.45) is 3.22. The second kappa shape index (κ2) is 6.00. The van der Waals surface area contributed by atoms with Crippen molar-refractivity contribution in [2.75, 3.05) is 20.6 Å². The fraction of sp³-hybridized carbons (Fsp3) is 0.833. The maximum atomic E-state index is 12.0. The van der Waals surface area contributed by atoms with Gasteiger partial charge in [0, 0.05) is 20.1 Å². The lowest BCUT2D eigenvalue weighted by Gasteiger charge is -2.41. The molecule has 98 valence electrons. The highest BCUT2D eigenvalue weighted by Crippen LogP contribution is 2.27. The Kier molecular flexibility index (Phi) is 4.93. The molecule has 0 saturated heterocycles. The molecule has 1 atom stereocenters. The van der Waals surface area contributed by atoms with E-state index in [2.05, 4.69) is 0 Å². The van der Waals surface area contributed by atoms with E-state index in [-0.39, 0.29) is 12.3 Å². The number of rotatable bonds is 6. The molecule has 0 unspecified atom stereocenters. The minimum absolute atomic E-state index is 0.110. The van der Waals surface area contributed by atoms with Crippen LogP contribution in [0.15, 0.2) is 0 Å². The van der Waals surface area contributed by atoms with E-state index in [4.69, 9.17) is 5.11 Å². The third-order valence-corrected chi connectivity index (χ3v) is 3.40. The number of aliphatic carboxylic acids is 1. The first-order valence-electron chi connectivity index (χ1n) is 6.16. The van der Waals surface area contributed by atoms with Crippen molar-refractivity contribution in [2.24, 2.45) is 0 Å². The molecule has 0 aliphatic heterocycles. The number of carboxylic acid groups (broad SMARTS) is 1. The molecule has 5 nitrogen and oxygen atoms in total. The van der Waals surface area contributed by atoms with Gasteiger partial charge in [0.25, 0.3) is 0 Å². The topological polar surface area (TPSA) is 60.9 Å². The summed E-state index contributed by atoms with van der Waals surface area (Å²) in [5.74, 6) is -1.02. The third kappa shape index (κ3) is 3.43. The molecule has 0 heterocycles. The molecule has 0 bridgehead atoms. The fourth-order valence-electron chi connectivity index (χ4n) is 2.26. The van der Waals surface area contributed by atoms with E-state index in [1.165, 1.54) is 11.3 Å². The van der Waals surface area contributed by atoms with E-state index < -0.39 is 12.0 Å². The predicted molar refractivity (Wildman–Crippen MR) is 64.8 cm³/mol. The standard InChI is InChI=1S/C12H22N2O3/c1-4-14(9-6-5-7-9)10(8-11(15)16)12(17)13(2)3/h9-10H,4-8H2,1-3H3,(H,15,16)/t10-/m0/s1. The zero-order valence-corrected chi connectivity index (χ0v) is 10.8. The fourth-order valence-corrected chi connectivity index (χ4v) is 2.26. The SMILES string of the molecule is CCN(C1CCC1)[C@@H](CC(=O)O)C(=O)N(C)C. The molecule has 1 amide bonds. The Morgan fingerprint density at radius 1 is 1.35 bits per heavy atom. The van der Waals surface area contributed by atoms with Gasteiger partial charge in [-0.05, 0) is 19.4 Å². The lowest BCUT2D eigenvalue weighted by molar-refractivity contribution is -0.146. The number of carboxylic acids is 1. The molecule has 1 fully saturated rings. The Hall–Kier alpha value is -1.10. The first-order valence-corrected chi connectivity index (χ1v) is 6.16. The number of carbonyl (C=O) groups excluding carboxylic acids is 1. The van der Waals surface area contributed by atoms with Gasteiger partial charge in [-0.15, -0.1) is 0 Å². The van der Waals surface area contributed by atoms with E-state index in [1.54, 1.807) is 14.1 Å². The van der Waals surface area contributed by atoms with Crippen LogP contribution in [0.2, 0.25) is 0 Å². The van der Waals surface area contributed by atoms with Gasteiger partial charge in [-0.1, -0.05) is 13.3 Å². The first-order chi connectivity index (χ1) is 7.97. The lowest BCUT2D eigenvalue weighted by atomic mass is 9.89. The Morgan fingerprint density at radius 2 is 1.94 bits per heavy atom. The molecule has 1 N–H and O–H groups in total. The van der Waals surface area contributed by atoms with E-state index in [0.29, 0.717) is 6.04 Å². The summed E-state index contributed by atoms with van der Waals surface area (Å²) in [5, 5.41) is 8.93. The van der Waals surface area contributed by atoms with Gasteiger partial charge in [0.2, 0.25) is 5.91 Å². The van der Waals surface area contributed by atoms with Crippen LogP contribution in [0.5, 0.6) is 0 Å². The quantitative estimate of drug-likeness (QED) is 0.748. The summed E-state index contributed by atoms with van der Waals surface area (Å²) >= 11 is 0. The van der Waals surface area contributed by atoms with Gasteiger partial charge in [-0.25, -0.2) is 0 Å². The van der Waals surface area contributed by atoms with Gasteiger partial charge in [0.1, 0.15) is 6.04 Å². The average molecular weight is 242 g/mol. The molecular formula is C12H22N2O3. The van der Waals surface area contributed by atoms with E-state index in [1.807, 2.05) is 11.8 Å². The van der Waals surface area contributed by atoms with Crippen molar-refractivity contribution >= 4 is 11.9 Å². The minimum atomic E-state index is -0.914. The van der Waals surface area contributed by atoms with Crippen LogP contribution in [0.4, 0.5) is 0 Å². The van der Waals surface area contributed by atoms with Crippen LogP contribution in [-0.2, 0) is 9.59 Å². The van der Waals surface area contributed by atoms with Crippen molar-refractivity contribution in [1.82, 2.24) is 9.80 Å². The molecule has 1 rings (SSSR count). The zero-order valence-electron chi connectivity index (χ0n) is 10.8. The van der Waals surface area contributed by atoms with Gasteiger partial charge in [-0.3, -0.25) is 14.5 Å². The highest BCUT2D eigenvalue weighted by molar-refractivity contribution is 5.85. The Bertz CT molecular complexity index is 287. The van der Waals surface area contributed by atoms with Crippen molar-refractivity contribution in [3.8, 4) is 0 Å². The Balaban J connectivity index is 2.78. The van der Waals surface area contributed by atoms with Gasteiger partial charge in [0.15, 0.2) is 0 Å². The molecule has 0 spiro atoms. The largest absolute Gasteiger partial charge is 0.481 e. The number of likely N-dealkylation sites (N-methyl/N-ethyl adjacent to an activating group) is 2. The van der Waals surface area contributed by atoms with Crippen LogP contribution in [0, 0.1) is 0 Å². The van der Waals surface area contributed by atoms with Crippen molar-refractivity contribution in [3.05, 3.63) is 0 Å². The summed E-state index contributed by atoms with van der Waals surface area (Å²) in [4.78, 5) is 26.5. The maximum Gasteiger partial charge on any atom is 0.305 e. The molecule has 5 heteroatoms. The number of carbonyl (C=O) groups is 2. The zero-order chi connectivity index (χ0) is 13.0. The van der Waals surface area contributed by atoms with Gasteiger partial charge in [0.05, 0.1) is 6.42 Å². The van der Waals surface area contributed by atoms with Crippen LogP contribution in [0.25, 0.3) is 0 Å². The van der Waals surface area contributed by atoms with Crippen LogP contribution in [-0.4, -0.2) is 59.5 Å². The highest BCUT2D eigenvalue weighted by Gasteiger charge is 2.35. The van der Waals surface area contributed by atoms with Crippen LogP contribution >= 0.6 is 0 Å². The molecule has 0 radical (unpaired) electrons. The van der Waals surface area contributed by atoms with Crippen molar-refractivity contribution in [2.45, 2.75) is 44.7 Å². The van der Waals surface area contributed by atoms with Crippen LogP contribution in [0.3, 0.4) is 0 Å². The monoisotopic (exact) mass is 242 g/mol. The number of hydrogen-bond donors (Lipinski definition) is 1. The number of hydrogen-bond acceptors (Lipinski definition) is 3. The Labute approximate surface area is 102 Å². The normalized spacial score (nSPS) is 17.6. The summed E-state index contributed by atoms with van der Waals surface area (Å²) in [5.41, 5.74) is 0. The predicted octanol–water partition coefficient (Wildman–Crippen LogP) is 0.792. The van der Waals surface area contributed by atoms with Crippen molar-refractivity contribution in [3.63, 3.8) is 0 Å². The summed E-state index contributed by atoms with van der Waals surface area (Å²) in [7, 11) is 3.34. The maximum absolute atomic E-state index is 12.0. The lowest BCUT2D eigenvalue weighted by Crippen LogP contribution is -2.53. The molecule has 1 saturated carbocycles. The van der Waals surface area contributed by atoms with Crippen molar-refractivity contribution < 1.29 is 14.7 Å². The van der Waals surface area contributed by atoms with Crippen molar-refractivity contribution in [1.29, 1.82) is 0 Å². The van der Waals surface area contributed by atoms with Gasteiger partial charge < -0.3 is 10.0 Å². The molecule has 0 aromatic rings. The summed E-state index contributed by atoms with van der Waals surface area (Å²) in [6, 6.07) is -0.133. The highest BCUT2D eigenvalue weighted by atomic mass is 16.4. The number of amides is 1. The minimum Gasteiger partial charge on any atom is -0.481 e. The summed E-state index contributed by atoms with van der Waals surface area (Å²) in [6.45, 7) is 2.71. The molecule has 0 aromatic carbocycles. The number of nitrogens with zero attached hydrogens (tertiary/aromatic N) is 2. The first kappa shape index (κ1) is 14.0. The molecule has 0 aromatic heterocycles. The van der Waals surface area contributed by atoms with Gasteiger partial charge in [-0.2, -0.15) is 0 Å². The third-order valence-electron chi connectivity index (χ3n) is 3.40. The summed E-state index contributed by atoms with van der Waals surface area (Å²) < 4.78 is 0. The van der Waals surface area contributed by atoms with Crippen LogP contribution in [0.1, 0.15) is 32.6 Å². The molecule has 1 aliphatic rings. The smallest absolute Gasteiger partial charge is 0.305 e. The molecule has 1 aliphatic carbocycles. The van der Waals surface area contributed by atoms with E-state index in [0.717, 1.165) is 19.4 Å².